The van der Waals surface area contributed by atoms with E-state index in [2.05, 4.69) is 25.4 Å². The molecule has 212 valence electrons. The normalized spacial score (nSPS) is 14.6. The average Bonchev–Trinajstić information content (AvgIpc) is 3.51. The number of nitrogens with one attached hydrogen (secondary N) is 1. The lowest BCUT2D eigenvalue weighted by atomic mass is 10.1. The van der Waals surface area contributed by atoms with Gasteiger partial charge in [0, 0.05) is 31.0 Å². The van der Waals surface area contributed by atoms with E-state index in [0.717, 1.165) is 11.1 Å². The molecule has 1 aliphatic rings. The minimum absolute atomic E-state index is 0.0427. The number of halogens is 3. The molecular weight excluding hydrogens is 549 g/mol. The van der Waals surface area contributed by atoms with Gasteiger partial charge in [0.2, 0.25) is 5.78 Å². The Bertz CT molecular complexity index is 1680. The number of aryl methyl sites for hydroxylation is 1. The van der Waals surface area contributed by atoms with Crippen LogP contribution in [0.3, 0.4) is 0 Å². The highest BCUT2D eigenvalue weighted by Crippen LogP contribution is 2.30. The summed E-state index contributed by atoms with van der Waals surface area (Å²) >= 11 is 0. The van der Waals surface area contributed by atoms with Gasteiger partial charge in [0.15, 0.2) is 5.82 Å². The van der Waals surface area contributed by atoms with Gasteiger partial charge in [-0.2, -0.15) is 22.6 Å². The molecule has 1 aromatic carbocycles. The summed E-state index contributed by atoms with van der Waals surface area (Å²) in [5, 5.41) is 7.25. The van der Waals surface area contributed by atoms with Crippen molar-refractivity contribution in [3.05, 3.63) is 65.0 Å². The highest BCUT2D eigenvalue weighted by Gasteiger charge is 2.50. The third-order valence-electron chi connectivity index (χ3n) is 6.71. The van der Waals surface area contributed by atoms with Gasteiger partial charge >= 0.3 is 15.5 Å². The second-order valence-electron chi connectivity index (χ2n) is 9.71. The maximum atomic E-state index is 13.2. The Morgan fingerprint density at radius 3 is 2.50 bits per heavy atom. The van der Waals surface area contributed by atoms with E-state index in [-0.39, 0.29) is 43.1 Å². The van der Waals surface area contributed by atoms with Gasteiger partial charge in [0.1, 0.15) is 11.5 Å². The van der Waals surface area contributed by atoms with Gasteiger partial charge in [-0.3, -0.25) is 9.20 Å². The quantitative estimate of drug-likeness (QED) is 0.358. The van der Waals surface area contributed by atoms with Crippen molar-refractivity contribution in [2.75, 3.05) is 6.54 Å². The highest BCUT2D eigenvalue weighted by atomic mass is 32.2. The first-order valence-corrected chi connectivity index (χ1v) is 14.1. The van der Waals surface area contributed by atoms with Crippen molar-refractivity contribution >= 4 is 21.7 Å². The molecule has 1 amide bonds. The SMILES string of the molecule is CCc1nc2ncc(C(C)C)cn2c1C(=O)NCc1ccc(-c2nc3n(n2)CCN(S(=O)(=O)C(F)(F)F)C3)cc1. The van der Waals surface area contributed by atoms with Crippen LogP contribution in [-0.2, 0) is 36.1 Å². The van der Waals surface area contributed by atoms with Crippen LogP contribution in [0.4, 0.5) is 13.2 Å². The number of alkyl halides is 3. The largest absolute Gasteiger partial charge is 0.511 e. The molecule has 0 spiro atoms. The first kappa shape index (κ1) is 27.7. The third kappa shape index (κ3) is 5.06. The van der Waals surface area contributed by atoms with Gasteiger partial charge in [0.05, 0.1) is 18.8 Å². The van der Waals surface area contributed by atoms with Gasteiger partial charge in [-0.15, -0.1) is 0 Å². The lowest BCUT2D eigenvalue weighted by Gasteiger charge is -2.26. The molecule has 4 aromatic rings. The molecule has 0 unspecified atom stereocenters. The van der Waals surface area contributed by atoms with Crippen molar-refractivity contribution in [1.29, 1.82) is 0 Å². The van der Waals surface area contributed by atoms with Gasteiger partial charge in [-0.1, -0.05) is 45.0 Å². The fraction of sp³-hybridized carbons (Fsp3) is 0.400. The second-order valence-corrected chi connectivity index (χ2v) is 11.6. The number of nitrogens with zero attached hydrogens (tertiary/aromatic N) is 7. The number of hydrogen-bond donors (Lipinski definition) is 1. The summed E-state index contributed by atoms with van der Waals surface area (Å²) in [7, 11) is -5.45. The van der Waals surface area contributed by atoms with E-state index in [1.807, 2.05) is 27.0 Å². The summed E-state index contributed by atoms with van der Waals surface area (Å²) in [5.74, 6) is 0.813. The van der Waals surface area contributed by atoms with Crippen LogP contribution in [0.25, 0.3) is 17.2 Å². The van der Waals surface area contributed by atoms with Crippen LogP contribution in [0.15, 0.2) is 36.7 Å². The Kier molecular flexibility index (Phi) is 7.12. The van der Waals surface area contributed by atoms with E-state index in [9.17, 15) is 26.4 Å². The zero-order chi connectivity index (χ0) is 28.8. The first-order valence-electron chi connectivity index (χ1n) is 12.6. The second kappa shape index (κ2) is 10.3. The number of amides is 1. The molecular formula is C25H27F3N8O3S. The first-order chi connectivity index (χ1) is 18.9. The number of imidazole rings is 1. The highest BCUT2D eigenvalue weighted by molar-refractivity contribution is 7.89. The molecule has 0 bridgehead atoms. The molecule has 15 heteroatoms. The molecule has 5 rings (SSSR count). The van der Waals surface area contributed by atoms with E-state index in [1.165, 1.54) is 4.68 Å². The number of sulfonamides is 1. The summed E-state index contributed by atoms with van der Waals surface area (Å²) in [6.07, 6.45) is 4.22. The Morgan fingerprint density at radius 2 is 1.85 bits per heavy atom. The predicted molar refractivity (Wildman–Crippen MR) is 138 cm³/mol. The number of benzene rings is 1. The fourth-order valence-electron chi connectivity index (χ4n) is 4.40. The predicted octanol–water partition coefficient (Wildman–Crippen LogP) is 3.27. The van der Waals surface area contributed by atoms with Crippen LogP contribution in [0.2, 0.25) is 0 Å². The van der Waals surface area contributed by atoms with Crippen molar-refractivity contribution in [2.45, 2.75) is 58.3 Å². The van der Waals surface area contributed by atoms with Gasteiger partial charge in [-0.25, -0.2) is 28.1 Å². The maximum absolute atomic E-state index is 13.2. The lowest BCUT2D eigenvalue weighted by molar-refractivity contribution is -0.0496. The molecule has 0 aliphatic carbocycles. The van der Waals surface area contributed by atoms with Crippen LogP contribution in [0, 0.1) is 0 Å². The van der Waals surface area contributed by atoms with Crippen molar-refractivity contribution in [3.8, 4) is 11.4 Å². The molecule has 40 heavy (non-hydrogen) atoms. The zero-order valence-electron chi connectivity index (χ0n) is 22.0. The molecule has 11 nitrogen and oxygen atoms in total. The molecule has 3 aromatic heterocycles. The standard InChI is InChI=1S/C25H27F3N8O3S/c1-4-19-21(35-13-18(15(2)3)12-30-24(35)31-19)23(37)29-11-16-5-7-17(8-6-16)22-32-20-14-34(9-10-36(20)33-22)40(38,39)25(26,27)28/h5-8,12-13,15H,4,9-11,14H2,1-3H3,(H,29,37). The minimum atomic E-state index is -5.45. The van der Waals surface area contributed by atoms with Gasteiger partial charge in [-0.05, 0) is 23.5 Å². The van der Waals surface area contributed by atoms with Gasteiger partial charge < -0.3 is 5.32 Å². The third-order valence-corrected chi connectivity index (χ3v) is 8.29. The minimum Gasteiger partial charge on any atom is -0.347 e. The molecule has 0 saturated heterocycles. The van der Waals surface area contributed by atoms with Crippen LogP contribution in [0.5, 0.6) is 0 Å². The molecule has 1 N–H and O–H groups in total. The molecule has 0 saturated carbocycles. The summed E-state index contributed by atoms with van der Waals surface area (Å²) < 4.78 is 65.8. The van der Waals surface area contributed by atoms with Gasteiger partial charge in [0.25, 0.3) is 5.91 Å². The number of hydrogen-bond acceptors (Lipinski definition) is 7. The smallest absolute Gasteiger partial charge is 0.347 e. The van der Waals surface area contributed by atoms with Crippen molar-refractivity contribution in [2.24, 2.45) is 0 Å². The number of aromatic nitrogens is 6. The van der Waals surface area contributed by atoms with E-state index in [0.29, 0.717) is 33.5 Å². The Labute approximate surface area is 228 Å². The molecule has 0 radical (unpaired) electrons. The lowest BCUT2D eigenvalue weighted by Crippen LogP contribution is -2.44. The maximum Gasteiger partial charge on any atom is 0.511 e. The Morgan fingerprint density at radius 1 is 1.12 bits per heavy atom. The Hall–Kier alpha value is -3.85. The van der Waals surface area contributed by atoms with E-state index in [1.54, 1.807) is 34.9 Å². The summed E-state index contributed by atoms with van der Waals surface area (Å²) in [4.78, 5) is 26.3. The average molecular weight is 577 g/mol. The zero-order valence-corrected chi connectivity index (χ0v) is 22.8. The number of carbonyl (C=O) groups is 1. The van der Waals surface area contributed by atoms with Crippen LogP contribution in [-0.4, -0.2) is 59.8 Å². The summed E-state index contributed by atoms with van der Waals surface area (Å²) in [5.41, 5.74) is -1.89. The van der Waals surface area contributed by atoms with Crippen molar-refractivity contribution in [1.82, 2.24) is 38.8 Å². The van der Waals surface area contributed by atoms with Crippen molar-refractivity contribution < 1.29 is 26.4 Å². The number of rotatable bonds is 7. The fourth-order valence-corrected chi connectivity index (χ4v) is 5.30. The summed E-state index contributed by atoms with van der Waals surface area (Å²) in [6, 6.07) is 7.03. The van der Waals surface area contributed by atoms with E-state index >= 15 is 0 Å². The van der Waals surface area contributed by atoms with Crippen LogP contribution < -0.4 is 5.32 Å². The topological polar surface area (TPSA) is 127 Å². The number of fused-ring (bicyclic) bond motifs is 2. The number of carbonyl (C=O) groups excluding carboxylic acids is 1. The molecule has 0 fully saturated rings. The van der Waals surface area contributed by atoms with E-state index < -0.39 is 22.1 Å². The molecule has 0 atom stereocenters. The van der Waals surface area contributed by atoms with Crippen LogP contribution >= 0.6 is 0 Å². The van der Waals surface area contributed by atoms with Crippen molar-refractivity contribution in [3.63, 3.8) is 0 Å². The monoisotopic (exact) mass is 576 g/mol. The molecule has 4 heterocycles. The van der Waals surface area contributed by atoms with Crippen LogP contribution in [0.1, 0.15) is 59.8 Å². The Balaban J connectivity index is 1.29. The summed E-state index contributed by atoms with van der Waals surface area (Å²) in [6.45, 7) is 5.35. The molecule has 1 aliphatic heterocycles. The van der Waals surface area contributed by atoms with E-state index in [4.69, 9.17) is 0 Å².